The van der Waals surface area contributed by atoms with Gasteiger partial charge in [0.05, 0.1) is 19.3 Å². The van der Waals surface area contributed by atoms with Crippen LogP contribution in [0.4, 0.5) is 0 Å². The minimum atomic E-state index is -0.376. The molecule has 0 aliphatic rings. The van der Waals surface area contributed by atoms with Crippen LogP contribution in [0.1, 0.15) is 18.9 Å². The first-order chi connectivity index (χ1) is 8.72. The van der Waals surface area contributed by atoms with Crippen LogP contribution in [0.2, 0.25) is 0 Å². The summed E-state index contributed by atoms with van der Waals surface area (Å²) < 4.78 is 5.62. The van der Waals surface area contributed by atoms with E-state index in [2.05, 4.69) is 9.99 Å². The molecule has 0 fully saturated rings. The highest BCUT2D eigenvalue weighted by atomic mass is 16.6. The molecule has 100 valence electrons. The number of oxime groups is 1. The average molecular weight is 251 g/mol. The molecule has 2 atom stereocenters. The zero-order valence-electron chi connectivity index (χ0n) is 11.0. The summed E-state index contributed by atoms with van der Waals surface area (Å²) in [5, 5.41) is 13.1. The molecule has 0 aliphatic heterocycles. The van der Waals surface area contributed by atoms with Crippen LogP contribution in [-0.2, 0) is 16.2 Å². The minimum Gasteiger partial charge on any atom is -0.399 e. The van der Waals surface area contributed by atoms with Crippen molar-refractivity contribution in [3.63, 3.8) is 0 Å². The van der Waals surface area contributed by atoms with E-state index >= 15 is 0 Å². The zero-order chi connectivity index (χ0) is 13.2. The normalized spacial score (nSPS) is 14.6. The van der Waals surface area contributed by atoms with E-state index in [4.69, 9.17) is 4.74 Å². The SMILES string of the molecule is CON=CC(COCc1ccccc1)CC(C)O. The molecule has 0 radical (unpaired) electrons. The third-order valence-electron chi connectivity index (χ3n) is 2.46. The van der Waals surface area contributed by atoms with Gasteiger partial charge in [-0.05, 0) is 18.9 Å². The Kier molecular flexibility index (Phi) is 7.06. The van der Waals surface area contributed by atoms with Gasteiger partial charge < -0.3 is 14.7 Å². The van der Waals surface area contributed by atoms with E-state index in [9.17, 15) is 5.11 Å². The second kappa shape index (κ2) is 8.66. The van der Waals surface area contributed by atoms with Crippen molar-refractivity contribution in [1.82, 2.24) is 0 Å². The lowest BCUT2D eigenvalue weighted by Crippen LogP contribution is -2.17. The summed E-state index contributed by atoms with van der Waals surface area (Å²) in [4.78, 5) is 4.65. The van der Waals surface area contributed by atoms with E-state index in [-0.39, 0.29) is 12.0 Å². The lowest BCUT2D eigenvalue weighted by atomic mass is 10.1. The molecule has 0 saturated carbocycles. The molecule has 0 heterocycles. The van der Waals surface area contributed by atoms with Crippen LogP contribution in [-0.4, -0.2) is 31.1 Å². The molecule has 0 bridgehead atoms. The lowest BCUT2D eigenvalue weighted by molar-refractivity contribution is 0.0833. The molecule has 2 unspecified atom stereocenters. The topological polar surface area (TPSA) is 51.0 Å². The van der Waals surface area contributed by atoms with Crippen molar-refractivity contribution in [2.75, 3.05) is 13.7 Å². The quantitative estimate of drug-likeness (QED) is 0.569. The van der Waals surface area contributed by atoms with Crippen molar-refractivity contribution in [2.24, 2.45) is 11.1 Å². The smallest absolute Gasteiger partial charge is 0.106 e. The van der Waals surface area contributed by atoms with Gasteiger partial charge in [-0.15, -0.1) is 0 Å². The van der Waals surface area contributed by atoms with Gasteiger partial charge in [0.25, 0.3) is 0 Å². The van der Waals surface area contributed by atoms with Crippen LogP contribution in [0.25, 0.3) is 0 Å². The maximum Gasteiger partial charge on any atom is 0.106 e. The predicted molar refractivity (Wildman–Crippen MR) is 71.4 cm³/mol. The minimum absolute atomic E-state index is 0.0636. The third kappa shape index (κ3) is 6.37. The average Bonchev–Trinajstić information content (AvgIpc) is 2.36. The molecule has 1 aromatic carbocycles. The van der Waals surface area contributed by atoms with Gasteiger partial charge in [0, 0.05) is 12.1 Å². The van der Waals surface area contributed by atoms with Crippen LogP contribution in [0.5, 0.6) is 0 Å². The summed E-state index contributed by atoms with van der Waals surface area (Å²) in [5.41, 5.74) is 1.14. The number of aliphatic hydroxyl groups excluding tert-OH is 1. The summed E-state index contributed by atoms with van der Waals surface area (Å²) >= 11 is 0. The van der Waals surface area contributed by atoms with Crippen molar-refractivity contribution < 1.29 is 14.7 Å². The molecule has 1 N–H and O–H groups in total. The highest BCUT2D eigenvalue weighted by Crippen LogP contribution is 2.08. The first kappa shape index (κ1) is 14.7. The number of nitrogens with zero attached hydrogens (tertiary/aromatic N) is 1. The van der Waals surface area contributed by atoms with Gasteiger partial charge >= 0.3 is 0 Å². The molecule has 0 aliphatic carbocycles. The Morgan fingerprint density at radius 2 is 2.06 bits per heavy atom. The van der Waals surface area contributed by atoms with Gasteiger partial charge in [-0.2, -0.15) is 0 Å². The fraction of sp³-hybridized carbons (Fsp3) is 0.500. The van der Waals surface area contributed by atoms with Crippen molar-refractivity contribution in [3.8, 4) is 0 Å². The summed E-state index contributed by atoms with van der Waals surface area (Å²) in [6.07, 6.45) is 1.91. The molecule has 18 heavy (non-hydrogen) atoms. The fourth-order valence-corrected chi connectivity index (χ4v) is 1.66. The largest absolute Gasteiger partial charge is 0.399 e. The predicted octanol–water partition coefficient (Wildman–Crippen LogP) is 2.22. The Labute approximate surface area is 108 Å². The molecule has 4 heteroatoms. The first-order valence-electron chi connectivity index (χ1n) is 6.08. The van der Waals surface area contributed by atoms with Crippen LogP contribution in [0, 0.1) is 5.92 Å². The van der Waals surface area contributed by atoms with E-state index in [0.29, 0.717) is 19.6 Å². The van der Waals surface area contributed by atoms with Crippen molar-refractivity contribution >= 4 is 6.21 Å². The Hall–Kier alpha value is -1.39. The van der Waals surface area contributed by atoms with E-state index in [1.54, 1.807) is 13.1 Å². The molecular weight excluding hydrogens is 230 g/mol. The van der Waals surface area contributed by atoms with Gasteiger partial charge in [-0.3, -0.25) is 0 Å². The van der Waals surface area contributed by atoms with E-state index in [1.807, 2.05) is 30.3 Å². The first-order valence-corrected chi connectivity index (χ1v) is 6.08. The maximum absolute atomic E-state index is 9.38. The second-order valence-electron chi connectivity index (χ2n) is 4.28. The molecular formula is C14H21NO3. The second-order valence-corrected chi connectivity index (χ2v) is 4.28. The number of rotatable bonds is 8. The number of aliphatic hydroxyl groups is 1. The Morgan fingerprint density at radius 1 is 1.33 bits per heavy atom. The van der Waals surface area contributed by atoms with E-state index in [1.165, 1.54) is 7.11 Å². The monoisotopic (exact) mass is 251 g/mol. The Balaban J connectivity index is 2.34. The fourth-order valence-electron chi connectivity index (χ4n) is 1.66. The molecule has 0 spiro atoms. The van der Waals surface area contributed by atoms with Crippen molar-refractivity contribution in [1.29, 1.82) is 0 Å². The summed E-state index contributed by atoms with van der Waals surface area (Å²) in [7, 11) is 1.50. The maximum atomic E-state index is 9.38. The molecule has 0 saturated heterocycles. The molecule has 0 aromatic heterocycles. The van der Waals surface area contributed by atoms with Gasteiger partial charge in [0.15, 0.2) is 0 Å². The highest BCUT2D eigenvalue weighted by Gasteiger charge is 2.10. The van der Waals surface area contributed by atoms with Crippen LogP contribution < -0.4 is 0 Å². The van der Waals surface area contributed by atoms with Crippen LogP contribution >= 0.6 is 0 Å². The lowest BCUT2D eigenvalue weighted by Gasteiger charge is -2.14. The van der Waals surface area contributed by atoms with Crippen LogP contribution in [0.3, 0.4) is 0 Å². The van der Waals surface area contributed by atoms with Crippen molar-refractivity contribution in [3.05, 3.63) is 35.9 Å². The van der Waals surface area contributed by atoms with Gasteiger partial charge in [-0.25, -0.2) is 0 Å². The number of benzene rings is 1. The van der Waals surface area contributed by atoms with E-state index in [0.717, 1.165) is 5.56 Å². The molecule has 4 nitrogen and oxygen atoms in total. The van der Waals surface area contributed by atoms with Gasteiger partial charge in [0.1, 0.15) is 7.11 Å². The number of hydrogen-bond acceptors (Lipinski definition) is 4. The molecule has 1 aromatic rings. The van der Waals surface area contributed by atoms with Crippen LogP contribution in [0.15, 0.2) is 35.5 Å². The van der Waals surface area contributed by atoms with E-state index < -0.39 is 0 Å². The standard InChI is InChI=1S/C14H21NO3/c1-12(16)8-14(9-15-17-2)11-18-10-13-6-4-3-5-7-13/h3-7,9,12,14,16H,8,10-11H2,1-2H3. The summed E-state index contributed by atoms with van der Waals surface area (Å²) in [5.74, 6) is 0.0636. The molecule has 0 amide bonds. The third-order valence-corrected chi connectivity index (χ3v) is 2.46. The zero-order valence-corrected chi connectivity index (χ0v) is 11.0. The van der Waals surface area contributed by atoms with Crippen molar-refractivity contribution in [2.45, 2.75) is 26.1 Å². The summed E-state index contributed by atoms with van der Waals surface area (Å²) in [6, 6.07) is 9.99. The number of hydrogen-bond donors (Lipinski definition) is 1. The number of ether oxygens (including phenoxy) is 1. The highest BCUT2D eigenvalue weighted by molar-refractivity contribution is 5.60. The Bertz CT molecular complexity index is 338. The summed E-state index contributed by atoms with van der Waals surface area (Å²) in [6.45, 7) is 2.84. The van der Waals surface area contributed by atoms with Gasteiger partial charge in [-0.1, -0.05) is 35.5 Å². The van der Waals surface area contributed by atoms with Gasteiger partial charge in [0.2, 0.25) is 0 Å². The Morgan fingerprint density at radius 3 is 2.67 bits per heavy atom. The molecule has 1 rings (SSSR count).